The fourth-order valence-corrected chi connectivity index (χ4v) is 25.9. The molecule has 8 aromatic rings. The summed E-state index contributed by atoms with van der Waals surface area (Å²) in [6, 6.07) is 91.9. The summed E-state index contributed by atoms with van der Waals surface area (Å²) in [5.74, 6) is 0. The first kappa shape index (κ1) is 39.8. The van der Waals surface area contributed by atoms with Gasteiger partial charge in [-0.3, -0.25) is 0 Å². The van der Waals surface area contributed by atoms with E-state index in [4.69, 9.17) is 0 Å². The molecular formula is C52H48FeP4. The molecule has 0 nitrogen and oxygen atoms in total. The molecule has 0 aliphatic carbocycles. The number of rotatable bonds is 16. The molecule has 0 aliphatic rings. The minimum absolute atomic E-state index is 0.239. The van der Waals surface area contributed by atoms with Gasteiger partial charge in [-0.1, -0.05) is 0 Å². The molecule has 0 heterocycles. The van der Waals surface area contributed by atoms with Crippen molar-refractivity contribution < 1.29 is 15.0 Å². The number of hydrogen-bond acceptors (Lipinski definition) is 0. The Bertz CT molecular complexity index is 2010. The third-order valence-electron chi connectivity index (χ3n) is 9.98. The minimum atomic E-state index is -0.695. The molecule has 2 atom stereocenters. The molecule has 0 fully saturated rings. The molecule has 0 amide bonds. The normalized spacial score (nSPS) is 12.9. The zero-order valence-electron chi connectivity index (χ0n) is 31.9. The van der Waals surface area contributed by atoms with Crippen LogP contribution in [0.1, 0.15) is 0 Å². The monoisotopic (exact) mass is 852 g/mol. The van der Waals surface area contributed by atoms with Gasteiger partial charge in [-0.15, -0.1) is 0 Å². The van der Waals surface area contributed by atoms with Crippen LogP contribution >= 0.6 is 31.7 Å². The Morgan fingerprint density at radius 1 is 0.246 bits per heavy atom. The van der Waals surface area contributed by atoms with Gasteiger partial charge >= 0.3 is 353 Å². The summed E-state index contributed by atoms with van der Waals surface area (Å²) in [7, 11) is -2.64. The van der Waals surface area contributed by atoms with Crippen LogP contribution in [0, 0.1) is 0 Å². The molecule has 0 spiro atoms. The first-order valence-corrected chi connectivity index (χ1v) is 26.9. The van der Waals surface area contributed by atoms with E-state index >= 15 is 0 Å². The molecule has 0 aliphatic heterocycles. The standard InChI is InChI=1S/2C26H23P2.Fe.2H/c2*1-5-13-23(14-6-1)27(24-15-7-2-8-16-24)21-22-28(25-17-9-3-10-18-25)26-19-11-4-12-20-26;;;/h2*1-21H,22H2;;;. The van der Waals surface area contributed by atoms with E-state index in [0.717, 1.165) is 12.3 Å². The van der Waals surface area contributed by atoms with Crippen molar-refractivity contribution in [1.29, 1.82) is 0 Å². The summed E-state index contributed by atoms with van der Waals surface area (Å²) >= 11 is 0.239. The summed E-state index contributed by atoms with van der Waals surface area (Å²) < 4.78 is 0.962. The quantitative estimate of drug-likeness (QED) is 0.0672. The van der Waals surface area contributed by atoms with Gasteiger partial charge in [-0.2, -0.15) is 0 Å². The Hall–Kier alpha value is -4.00. The average molecular weight is 853 g/mol. The summed E-state index contributed by atoms with van der Waals surface area (Å²) in [5.41, 5.74) is 0. The maximum atomic E-state index is 2.42. The van der Waals surface area contributed by atoms with Crippen LogP contribution in [-0.2, 0) is 15.0 Å². The fraction of sp³-hybridized carbons (Fsp3) is 0.0769. The Kier molecular flexibility index (Phi) is 14.4. The molecule has 8 rings (SSSR count). The second kappa shape index (κ2) is 20.6. The molecule has 2 unspecified atom stereocenters. The summed E-state index contributed by atoms with van der Waals surface area (Å²) in [5, 5.41) is 11.8. The van der Waals surface area contributed by atoms with Crippen molar-refractivity contribution in [3.05, 3.63) is 243 Å². The second-order valence-electron chi connectivity index (χ2n) is 13.7. The predicted octanol–water partition coefficient (Wildman–Crippen LogP) is 9.72. The van der Waals surface area contributed by atoms with Gasteiger partial charge in [0.15, 0.2) is 0 Å². The van der Waals surface area contributed by atoms with E-state index in [-0.39, 0.29) is 15.0 Å². The molecule has 0 bridgehead atoms. The van der Waals surface area contributed by atoms with Crippen molar-refractivity contribution in [2.24, 2.45) is 0 Å². The van der Waals surface area contributed by atoms with E-state index in [1.54, 1.807) is 0 Å². The Morgan fingerprint density at radius 2 is 0.421 bits per heavy atom. The zero-order valence-corrected chi connectivity index (χ0v) is 36.7. The van der Waals surface area contributed by atoms with Gasteiger partial charge in [0, 0.05) is 0 Å². The Labute approximate surface area is 351 Å². The van der Waals surface area contributed by atoms with Crippen LogP contribution in [0.25, 0.3) is 0 Å². The second-order valence-corrected chi connectivity index (χ2v) is 26.3. The van der Waals surface area contributed by atoms with E-state index in [0.29, 0.717) is 9.11 Å². The number of benzene rings is 8. The topological polar surface area (TPSA) is 0 Å². The first-order valence-electron chi connectivity index (χ1n) is 19.5. The van der Waals surface area contributed by atoms with Gasteiger partial charge in [0.2, 0.25) is 0 Å². The van der Waals surface area contributed by atoms with E-state index in [9.17, 15) is 0 Å². The van der Waals surface area contributed by atoms with Gasteiger partial charge in [0.05, 0.1) is 0 Å². The third-order valence-corrected chi connectivity index (χ3v) is 25.9. The van der Waals surface area contributed by atoms with Crippen molar-refractivity contribution in [1.82, 2.24) is 0 Å². The van der Waals surface area contributed by atoms with Crippen LogP contribution in [0.3, 0.4) is 0 Å². The Balaban J connectivity index is 1.34. The van der Waals surface area contributed by atoms with Crippen LogP contribution in [0.5, 0.6) is 0 Å². The molecule has 8 aromatic carbocycles. The SMILES string of the molecule is c1ccc(P(C[CH]([FeH2][CH](CP(c2ccccc2)c2ccccc2)P(c2ccccc2)c2ccccc2)P(c2ccccc2)c2ccccc2)c2ccccc2)cc1. The first-order chi connectivity index (χ1) is 28.3. The molecule has 0 saturated carbocycles. The molecule has 57 heavy (non-hydrogen) atoms. The van der Waals surface area contributed by atoms with Crippen LogP contribution in [0.2, 0.25) is 0 Å². The average Bonchev–Trinajstić information content (AvgIpc) is 3.30. The van der Waals surface area contributed by atoms with Gasteiger partial charge in [-0.05, 0) is 0 Å². The molecule has 0 N–H and O–H groups in total. The molecule has 0 aromatic heterocycles. The third kappa shape index (κ3) is 10.4. The van der Waals surface area contributed by atoms with Crippen LogP contribution in [0.4, 0.5) is 0 Å². The van der Waals surface area contributed by atoms with Crippen molar-refractivity contribution >= 4 is 74.1 Å². The van der Waals surface area contributed by atoms with Crippen LogP contribution in [-0.4, -0.2) is 21.4 Å². The van der Waals surface area contributed by atoms with Crippen molar-refractivity contribution in [2.75, 3.05) is 12.3 Å². The summed E-state index contributed by atoms with van der Waals surface area (Å²) in [6.07, 6.45) is 2.30. The molecule has 0 saturated heterocycles. The van der Waals surface area contributed by atoms with Crippen molar-refractivity contribution in [3.63, 3.8) is 0 Å². The molecule has 0 radical (unpaired) electrons. The van der Waals surface area contributed by atoms with Crippen LogP contribution in [0.15, 0.2) is 243 Å². The fourth-order valence-electron chi connectivity index (χ4n) is 7.33. The van der Waals surface area contributed by atoms with E-state index in [1.165, 1.54) is 42.4 Å². The van der Waals surface area contributed by atoms with E-state index in [1.807, 2.05) is 0 Å². The number of hydrogen-bond donors (Lipinski definition) is 0. The van der Waals surface area contributed by atoms with Gasteiger partial charge in [0.25, 0.3) is 0 Å². The van der Waals surface area contributed by atoms with Crippen molar-refractivity contribution in [3.8, 4) is 0 Å². The summed E-state index contributed by atoms with van der Waals surface area (Å²) in [4.78, 5) is 0. The predicted molar refractivity (Wildman–Crippen MR) is 256 cm³/mol. The zero-order chi connectivity index (χ0) is 38.5. The van der Waals surface area contributed by atoms with Gasteiger partial charge in [0.1, 0.15) is 0 Å². The van der Waals surface area contributed by atoms with Gasteiger partial charge in [-0.25, -0.2) is 0 Å². The molecule has 284 valence electrons. The summed E-state index contributed by atoms with van der Waals surface area (Å²) in [6.45, 7) is 0. The van der Waals surface area contributed by atoms with E-state index in [2.05, 4.69) is 243 Å². The van der Waals surface area contributed by atoms with Crippen LogP contribution < -0.4 is 42.4 Å². The van der Waals surface area contributed by atoms with Crippen molar-refractivity contribution in [2.45, 2.75) is 9.11 Å². The Morgan fingerprint density at radius 3 is 0.614 bits per heavy atom. The molecular weight excluding hydrogens is 804 g/mol. The van der Waals surface area contributed by atoms with E-state index < -0.39 is 31.7 Å². The van der Waals surface area contributed by atoms with Gasteiger partial charge < -0.3 is 0 Å². The maximum absolute atomic E-state index is 2.42. The molecule has 5 heteroatoms.